The molecular weight excluding hydrogens is 268 g/mol. The van der Waals surface area contributed by atoms with Crippen molar-refractivity contribution in [2.45, 2.75) is 25.8 Å². The Morgan fingerprint density at radius 3 is 2.31 bits per heavy atom. The lowest BCUT2D eigenvalue weighted by molar-refractivity contribution is -0.697. The van der Waals surface area contributed by atoms with Gasteiger partial charge in [-0.2, -0.15) is 0 Å². The largest absolute Gasteiger partial charge is 1.00 e. The van der Waals surface area contributed by atoms with E-state index in [9.17, 15) is 4.79 Å². The summed E-state index contributed by atoms with van der Waals surface area (Å²) >= 11 is 0. The normalized spacial score (nSPS) is 9.38. The number of amides is 1. The van der Waals surface area contributed by atoms with Crippen molar-refractivity contribution < 1.29 is 26.3 Å². The van der Waals surface area contributed by atoms with Crippen LogP contribution in [-0.2, 0) is 11.3 Å². The average molecular weight is 287 g/mol. The summed E-state index contributed by atoms with van der Waals surface area (Å²) in [5.41, 5.74) is 0. The van der Waals surface area contributed by atoms with E-state index in [0.717, 1.165) is 19.4 Å². The minimum atomic E-state index is 0. The van der Waals surface area contributed by atoms with Gasteiger partial charge in [-0.3, -0.25) is 4.79 Å². The molecule has 0 spiro atoms. The van der Waals surface area contributed by atoms with Crippen LogP contribution in [0.1, 0.15) is 19.3 Å². The molecule has 1 aromatic heterocycles. The summed E-state index contributed by atoms with van der Waals surface area (Å²) in [5.74, 6) is 0.216. The van der Waals surface area contributed by atoms with Gasteiger partial charge in [0.25, 0.3) is 0 Å². The van der Waals surface area contributed by atoms with Gasteiger partial charge in [0.15, 0.2) is 12.4 Å². The fourth-order valence-electron chi connectivity index (χ4n) is 1.38. The summed E-state index contributed by atoms with van der Waals surface area (Å²) in [6.07, 6.45) is 6.76. The first-order chi connectivity index (χ1) is 7.20. The number of hydrogen-bond donors (Lipinski definition) is 0. The molecule has 1 heterocycles. The monoisotopic (exact) mass is 286 g/mol. The molecule has 0 atom stereocenters. The van der Waals surface area contributed by atoms with E-state index in [1.165, 1.54) is 0 Å². The van der Waals surface area contributed by atoms with Crippen LogP contribution in [0.3, 0.4) is 0 Å². The van der Waals surface area contributed by atoms with E-state index in [2.05, 4.69) is 4.57 Å². The van der Waals surface area contributed by atoms with Gasteiger partial charge in [-0.05, 0) is 6.42 Å². The lowest BCUT2D eigenvalue weighted by atomic mass is 10.2. The van der Waals surface area contributed by atoms with E-state index in [0.29, 0.717) is 6.42 Å². The third-order valence-electron chi connectivity index (χ3n) is 2.33. The number of aryl methyl sites for hydroxylation is 1. The maximum absolute atomic E-state index is 11.3. The standard InChI is InChI=1S/C12H19N2O.BrH/c1-13(2)12(15)8-4-7-11-14-9-5-3-6-10-14;/h3,5-6,9-10H,4,7-8,11H2,1-2H3;1H/q+1;/p-1. The molecular formula is C12H19BrN2O. The van der Waals surface area contributed by atoms with E-state index in [1.807, 2.05) is 30.6 Å². The smallest absolute Gasteiger partial charge is 0.222 e. The molecule has 1 aromatic rings. The third-order valence-corrected chi connectivity index (χ3v) is 2.33. The molecule has 0 aliphatic heterocycles. The second kappa shape index (κ2) is 8.28. The van der Waals surface area contributed by atoms with Gasteiger partial charge >= 0.3 is 0 Å². The Hall–Kier alpha value is -0.900. The highest BCUT2D eigenvalue weighted by atomic mass is 79.9. The van der Waals surface area contributed by atoms with Crippen LogP contribution < -0.4 is 21.5 Å². The first kappa shape index (κ1) is 15.1. The number of hydrogen-bond acceptors (Lipinski definition) is 1. The van der Waals surface area contributed by atoms with Crippen LogP contribution >= 0.6 is 0 Å². The molecule has 0 unspecified atom stereocenters. The minimum Gasteiger partial charge on any atom is -1.00 e. The zero-order valence-electron chi connectivity index (χ0n) is 9.90. The molecule has 4 heteroatoms. The Bertz CT molecular complexity index is 301. The van der Waals surface area contributed by atoms with Crippen LogP contribution in [0.15, 0.2) is 30.6 Å². The molecule has 0 aliphatic carbocycles. The van der Waals surface area contributed by atoms with Crippen molar-refractivity contribution >= 4 is 5.91 Å². The molecule has 16 heavy (non-hydrogen) atoms. The van der Waals surface area contributed by atoms with Crippen LogP contribution in [0.5, 0.6) is 0 Å². The quantitative estimate of drug-likeness (QED) is 0.465. The highest BCUT2D eigenvalue weighted by molar-refractivity contribution is 5.75. The van der Waals surface area contributed by atoms with Crippen LogP contribution in [0.25, 0.3) is 0 Å². The van der Waals surface area contributed by atoms with E-state index in [-0.39, 0.29) is 22.9 Å². The van der Waals surface area contributed by atoms with Gasteiger partial charge in [-0.25, -0.2) is 4.57 Å². The number of carbonyl (C=O) groups excluding carboxylic acids is 1. The molecule has 3 nitrogen and oxygen atoms in total. The highest BCUT2D eigenvalue weighted by Crippen LogP contribution is 1.97. The zero-order chi connectivity index (χ0) is 11.1. The van der Waals surface area contributed by atoms with Crippen LogP contribution in [0, 0.1) is 0 Å². The number of rotatable bonds is 5. The lowest BCUT2D eigenvalue weighted by Crippen LogP contribution is -3.00. The molecule has 0 aromatic carbocycles. The number of carbonyl (C=O) groups is 1. The van der Waals surface area contributed by atoms with Gasteiger partial charge < -0.3 is 21.9 Å². The third kappa shape index (κ3) is 5.85. The molecule has 1 rings (SSSR count). The number of unbranched alkanes of at least 4 members (excludes halogenated alkanes) is 1. The van der Waals surface area contributed by atoms with Crippen molar-refractivity contribution in [3.8, 4) is 0 Å². The summed E-state index contributed by atoms with van der Waals surface area (Å²) in [4.78, 5) is 12.9. The number of nitrogens with zero attached hydrogens (tertiary/aromatic N) is 2. The van der Waals surface area contributed by atoms with E-state index < -0.39 is 0 Å². The SMILES string of the molecule is CN(C)C(=O)CCCC[n+]1ccccc1.[Br-]. The van der Waals surface area contributed by atoms with Gasteiger partial charge in [0, 0.05) is 39.1 Å². The van der Waals surface area contributed by atoms with Crippen molar-refractivity contribution in [2.24, 2.45) is 0 Å². The summed E-state index contributed by atoms with van der Waals surface area (Å²) < 4.78 is 2.14. The molecule has 0 aliphatic rings. The Labute approximate surface area is 108 Å². The molecule has 0 saturated heterocycles. The van der Waals surface area contributed by atoms with Gasteiger partial charge in [-0.1, -0.05) is 6.07 Å². The first-order valence-electron chi connectivity index (χ1n) is 5.34. The molecule has 0 saturated carbocycles. The topological polar surface area (TPSA) is 24.2 Å². The van der Waals surface area contributed by atoms with Gasteiger partial charge in [0.1, 0.15) is 6.54 Å². The van der Waals surface area contributed by atoms with Crippen LogP contribution in [-0.4, -0.2) is 24.9 Å². The minimum absolute atomic E-state index is 0. The van der Waals surface area contributed by atoms with Gasteiger partial charge in [0.2, 0.25) is 5.91 Å². The van der Waals surface area contributed by atoms with Gasteiger partial charge in [-0.15, -0.1) is 0 Å². The first-order valence-corrected chi connectivity index (χ1v) is 5.34. The fraction of sp³-hybridized carbons (Fsp3) is 0.500. The van der Waals surface area contributed by atoms with Crippen LogP contribution in [0.2, 0.25) is 0 Å². The van der Waals surface area contributed by atoms with Gasteiger partial charge in [0.05, 0.1) is 0 Å². The van der Waals surface area contributed by atoms with Crippen molar-refractivity contribution in [2.75, 3.05) is 14.1 Å². The number of halogens is 1. The fourth-order valence-corrected chi connectivity index (χ4v) is 1.38. The van der Waals surface area contributed by atoms with Crippen molar-refractivity contribution in [1.29, 1.82) is 0 Å². The Balaban J connectivity index is 0.00000225. The summed E-state index contributed by atoms with van der Waals surface area (Å²) in [7, 11) is 3.60. The predicted molar refractivity (Wildman–Crippen MR) is 59.2 cm³/mol. The number of pyridine rings is 1. The second-order valence-electron chi connectivity index (χ2n) is 3.86. The van der Waals surface area contributed by atoms with Crippen molar-refractivity contribution in [3.05, 3.63) is 30.6 Å². The van der Waals surface area contributed by atoms with Crippen molar-refractivity contribution in [3.63, 3.8) is 0 Å². The maximum Gasteiger partial charge on any atom is 0.222 e. The lowest BCUT2D eigenvalue weighted by Gasteiger charge is -2.08. The molecule has 0 bridgehead atoms. The maximum atomic E-state index is 11.3. The second-order valence-corrected chi connectivity index (χ2v) is 3.86. The molecule has 0 fully saturated rings. The average Bonchev–Trinajstić information content (AvgIpc) is 2.25. The van der Waals surface area contributed by atoms with E-state index >= 15 is 0 Å². The summed E-state index contributed by atoms with van der Waals surface area (Å²) in [5, 5.41) is 0. The Morgan fingerprint density at radius 1 is 1.12 bits per heavy atom. The molecule has 90 valence electrons. The Kier molecular flexibility index (Phi) is 7.81. The molecule has 0 N–H and O–H groups in total. The summed E-state index contributed by atoms with van der Waals surface area (Å²) in [6.45, 7) is 0.988. The highest BCUT2D eigenvalue weighted by Gasteiger charge is 2.04. The molecule has 1 amide bonds. The zero-order valence-corrected chi connectivity index (χ0v) is 11.5. The van der Waals surface area contributed by atoms with Crippen LogP contribution in [0.4, 0.5) is 0 Å². The van der Waals surface area contributed by atoms with E-state index in [1.54, 1.807) is 19.0 Å². The van der Waals surface area contributed by atoms with E-state index in [4.69, 9.17) is 0 Å². The Morgan fingerprint density at radius 2 is 1.75 bits per heavy atom. The predicted octanol–water partition coefficient (Wildman–Crippen LogP) is -1.76. The summed E-state index contributed by atoms with van der Waals surface area (Å²) in [6, 6.07) is 6.04. The number of aromatic nitrogens is 1. The molecule has 0 radical (unpaired) electrons. The van der Waals surface area contributed by atoms with Crippen molar-refractivity contribution in [1.82, 2.24) is 4.90 Å².